The summed E-state index contributed by atoms with van der Waals surface area (Å²) in [6, 6.07) is 3.38. The van der Waals surface area contributed by atoms with Crippen LogP contribution in [0.15, 0.2) is 29.4 Å². The van der Waals surface area contributed by atoms with Crippen LogP contribution in [0.1, 0.15) is 18.6 Å². The van der Waals surface area contributed by atoms with E-state index in [1.807, 2.05) is 0 Å². The van der Waals surface area contributed by atoms with Crippen LogP contribution in [0.5, 0.6) is 0 Å². The molecule has 0 N–H and O–H groups in total. The van der Waals surface area contributed by atoms with Gasteiger partial charge in [0, 0.05) is 6.61 Å². The van der Waals surface area contributed by atoms with Crippen LogP contribution in [-0.2, 0) is 14.3 Å². The van der Waals surface area contributed by atoms with Gasteiger partial charge in [-0.1, -0.05) is 6.58 Å². The molecule has 1 atom stereocenters. The number of hydrogen-bond acceptors (Lipinski definition) is 4. The lowest BCUT2D eigenvalue weighted by Crippen LogP contribution is -2.18. The molecule has 1 aliphatic heterocycles. The summed E-state index contributed by atoms with van der Waals surface area (Å²) in [4.78, 5) is 11.6. The van der Waals surface area contributed by atoms with Gasteiger partial charge in [0.15, 0.2) is 0 Å². The van der Waals surface area contributed by atoms with Crippen LogP contribution < -0.4 is 0 Å². The first kappa shape index (κ1) is 11.0. The normalized spacial score (nSPS) is 19.6. The molecule has 4 heteroatoms. The van der Waals surface area contributed by atoms with E-state index in [1.165, 1.54) is 6.26 Å². The van der Waals surface area contributed by atoms with Gasteiger partial charge < -0.3 is 13.9 Å². The minimum atomic E-state index is -0.453. The van der Waals surface area contributed by atoms with Gasteiger partial charge in [0.1, 0.15) is 12.4 Å². The number of hydrogen-bond donors (Lipinski definition) is 0. The fourth-order valence-corrected chi connectivity index (χ4v) is 1.58. The fraction of sp³-hybridized carbons (Fsp3) is 0.417. The van der Waals surface area contributed by atoms with Crippen molar-refractivity contribution >= 4 is 11.5 Å². The minimum absolute atomic E-state index is 0.0355. The molecule has 1 unspecified atom stereocenters. The molecule has 1 saturated heterocycles. The van der Waals surface area contributed by atoms with Crippen LogP contribution in [-0.4, -0.2) is 25.3 Å². The molecular formula is C12H14O4. The lowest BCUT2D eigenvalue weighted by Gasteiger charge is -2.10. The maximum Gasteiger partial charge on any atom is 0.341 e. The Morgan fingerprint density at radius 1 is 1.62 bits per heavy atom. The lowest BCUT2D eigenvalue weighted by atomic mass is 10.2. The molecule has 4 nitrogen and oxygen atoms in total. The zero-order valence-corrected chi connectivity index (χ0v) is 8.98. The van der Waals surface area contributed by atoms with E-state index in [1.54, 1.807) is 12.1 Å². The minimum Gasteiger partial charge on any atom is -0.464 e. The van der Waals surface area contributed by atoms with E-state index >= 15 is 0 Å². The van der Waals surface area contributed by atoms with Gasteiger partial charge in [-0.3, -0.25) is 0 Å². The second-order valence-corrected chi connectivity index (χ2v) is 3.69. The first-order chi connectivity index (χ1) is 7.77. The topological polar surface area (TPSA) is 48.7 Å². The number of carbonyl (C=O) groups excluding carboxylic acids is 1. The quantitative estimate of drug-likeness (QED) is 0.577. The predicted octanol–water partition coefficient (Wildman–Crippen LogP) is 2.02. The predicted molar refractivity (Wildman–Crippen MR) is 57.7 cm³/mol. The molecule has 2 heterocycles. The highest BCUT2D eigenvalue weighted by molar-refractivity contribution is 6.14. The van der Waals surface area contributed by atoms with Crippen molar-refractivity contribution in [3.05, 3.63) is 30.7 Å². The third-order valence-electron chi connectivity index (χ3n) is 2.49. The van der Waals surface area contributed by atoms with Crippen molar-refractivity contribution in [1.82, 2.24) is 0 Å². The molecule has 16 heavy (non-hydrogen) atoms. The Morgan fingerprint density at radius 3 is 3.12 bits per heavy atom. The average molecular weight is 222 g/mol. The van der Waals surface area contributed by atoms with Crippen LogP contribution in [0.2, 0.25) is 0 Å². The monoisotopic (exact) mass is 222 g/mol. The molecule has 2 rings (SSSR count). The summed E-state index contributed by atoms with van der Waals surface area (Å²) in [7, 11) is 0. The Bertz CT molecular complexity index is 360. The standard InChI is InChI=1S/C12H14O4/c1-9(11-5-3-7-15-11)12(13)16-8-10-4-2-6-14-10/h3,5,7,10H,1-2,4,6,8H2. The highest BCUT2D eigenvalue weighted by atomic mass is 16.6. The molecule has 0 radical (unpaired) electrons. The number of ether oxygens (including phenoxy) is 2. The van der Waals surface area contributed by atoms with Gasteiger partial charge in [-0.15, -0.1) is 0 Å². The van der Waals surface area contributed by atoms with Crippen molar-refractivity contribution in [2.24, 2.45) is 0 Å². The largest absolute Gasteiger partial charge is 0.464 e. The van der Waals surface area contributed by atoms with Gasteiger partial charge in [-0.25, -0.2) is 4.79 Å². The van der Waals surface area contributed by atoms with E-state index in [9.17, 15) is 4.79 Å². The molecule has 0 aromatic carbocycles. The first-order valence-corrected chi connectivity index (χ1v) is 5.29. The molecular weight excluding hydrogens is 208 g/mol. The molecule has 86 valence electrons. The van der Waals surface area contributed by atoms with Crippen LogP contribution in [0, 0.1) is 0 Å². The SMILES string of the molecule is C=C(C(=O)OCC1CCCO1)c1ccco1. The van der Waals surface area contributed by atoms with Crippen molar-refractivity contribution < 1.29 is 18.7 Å². The molecule has 1 fully saturated rings. The summed E-state index contributed by atoms with van der Waals surface area (Å²) in [6.45, 7) is 4.67. The summed E-state index contributed by atoms with van der Waals surface area (Å²) in [6.07, 6.45) is 3.50. The fourth-order valence-electron chi connectivity index (χ4n) is 1.58. The number of esters is 1. The van der Waals surface area contributed by atoms with Gasteiger partial charge in [0.05, 0.1) is 17.9 Å². The van der Waals surface area contributed by atoms with Crippen LogP contribution in [0.4, 0.5) is 0 Å². The molecule has 1 aromatic heterocycles. The van der Waals surface area contributed by atoms with Gasteiger partial charge in [-0.05, 0) is 25.0 Å². The Balaban J connectivity index is 1.81. The van der Waals surface area contributed by atoms with Crippen LogP contribution in [0.3, 0.4) is 0 Å². The Morgan fingerprint density at radius 2 is 2.50 bits per heavy atom. The van der Waals surface area contributed by atoms with Gasteiger partial charge in [-0.2, -0.15) is 0 Å². The highest BCUT2D eigenvalue weighted by Gasteiger charge is 2.19. The highest BCUT2D eigenvalue weighted by Crippen LogP contribution is 2.16. The third-order valence-corrected chi connectivity index (χ3v) is 2.49. The van der Waals surface area contributed by atoms with E-state index in [4.69, 9.17) is 13.9 Å². The van der Waals surface area contributed by atoms with E-state index in [0.717, 1.165) is 19.4 Å². The van der Waals surface area contributed by atoms with Gasteiger partial charge >= 0.3 is 5.97 Å². The molecule has 0 saturated carbocycles. The van der Waals surface area contributed by atoms with Crippen molar-refractivity contribution in [3.8, 4) is 0 Å². The van der Waals surface area contributed by atoms with Crippen molar-refractivity contribution in [2.75, 3.05) is 13.2 Å². The Labute approximate surface area is 93.8 Å². The molecule has 1 aromatic rings. The van der Waals surface area contributed by atoms with Crippen molar-refractivity contribution in [1.29, 1.82) is 0 Å². The molecule has 0 amide bonds. The maximum absolute atomic E-state index is 11.6. The summed E-state index contributed by atoms with van der Waals surface area (Å²) in [5, 5.41) is 0. The summed E-state index contributed by atoms with van der Waals surface area (Å²) in [5.41, 5.74) is 0.239. The van der Waals surface area contributed by atoms with Gasteiger partial charge in [0.25, 0.3) is 0 Å². The molecule has 0 aliphatic carbocycles. The maximum atomic E-state index is 11.6. The Kier molecular flexibility index (Phi) is 3.41. The van der Waals surface area contributed by atoms with E-state index in [-0.39, 0.29) is 11.7 Å². The van der Waals surface area contributed by atoms with E-state index in [0.29, 0.717) is 12.4 Å². The van der Waals surface area contributed by atoms with Crippen LogP contribution in [0.25, 0.3) is 5.57 Å². The van der Waals surface area contributed by atoms with Crippen molar-refractivity contribution in [2.45, 2.75) is 18.9 Å². The number of carbonyl (C=O) groups is 1. The second kappa shape index (κ2) is 4.99. The zero-order chi connectivity index (χ0) is 11.4. The third kappa shape index (κ3) is 2.52. The molecule has 0 bridgehead atoms. The van der Waals surface area contributed by atoms with Gasteiger partial charge in [0.2, 0.25) is 0 Å². The lowest BCUT2D eigenvalue weighted by molar-refractivity contribution is -0.139. The molecule has 1 aliphatic rings. The number of rotatable bonds is 4. The van der Waals surface area contributed by atoms with E-state index < -0.39 is 5.97 Å². The van der Waals surface area contributed by atoms with Crippen LogP contribution >= 0.6 is 0 Å². The second-order valence-electron chi connectivity index (χ2n) is 3.69. The summed E-state index contributed by atoms with van der Waals surface area (Å²) >= 11 is 0. The smallest absolute Gasteiger partial charge is 0.341 e. The summed E-state index contributed by atoms with van der Waals surface area (Å²) < 4.78 is 15.5. The Hall–Kier alpha value is -1.55. The van der Waals surface area contributed by atoms with E-state index in [2.05, 4.69) is 6.58 Å². The summed E-state index contributed by atoms with van der Waals surface area (Å²) in [5.74, 6) is -0.0113. The molecule has 0 spiro atoms. The first-order valence-electron chi connectivity index (χ1n) is 5.29. The average Bonchev–Trinajstić information content (AvgIpc) is 2.96. The van der Waals surface area contributed by atoms with Crippen molar-refractivity contribution in [3.63, 3.8) is 0 Å². The zero-order valence-electron chi connectivity index (χ0n) is 8.98. The number of furan rings is 1.